The van der Waals surface area contributed by atoms with E-state index in [4.69, 9.17) is 10.00 Å². The predicted molar refractivity (Wildman–Crippen MR) is 90.3 cm³/mol. The van der Waals surface area contributed by atoms with Crippen molar-refractivity contribution in [2.75, 3.05) is 7.11 Å². The molecule has 2 aromatic heterocycles. The maximum absolute atomic E-state index is 9.15. The molecule has 2 heterocycles. The Morgan fingerprint density at radius 2 is 1.95 bits per heavy atom. The van der Waals surface area contributed by atoms with Crippen molar-refractivity contribution in [1.82, 2.24) is 4.40 Å². The quantitative estimate of drug-likeness (QED) is 0.759. The normalized spacial score (nSPS) is 9.95. The van der Waals surface area contributed by atoms with Crippen molar-refractivity contribution in [1.29, 1.82) is 5.26 Å². The lowest BCUT2D eigenvalue weighted by Gasteiger charge is -2.08. The predicted octanol–water partition coefficient (Wildman–Crippen LogP) is 4.48. The summed E-state index contributed by atoms with van der Waals surface area (Å²) in [6.07, 6.45) is 5.90. The van der Waals surface area contributed by atoms with Crippen LogP contribution in [-0.2, 0) is 6.42 Å². The first-order valence-electron chi connectivity index (χ1n) is 7.69. The summed E-state index contributed by atoms with van der Waals surface area (Å²) in [4.78, 5) is 0. The van der Waals surface area contributed by atoms with Gasteiger partial charge in [0, 0.05) is 24.4 Å². The Bertz CT molecular complexity index is 598. The molecular weight excluding hydrogens is 259 g/mol. The molecule has 0 spiro atoms. The highest BCUT2D eigenvalue weighted by atomic mass is 16.5. The van der Waals surface area contributed by atoms with Gasteiger partial charge in [-0.05, 0) is 24.1 Å². The summed E-state index contributed by atoms with van der Waals surface area (Å²) >= 11 is 0. The molecule has 0 radical (unpaired) electrons. The highest BCUT2D eigenvalue weighted by molar-refractivity contribution is 6.68. The lowest BCUT2D eigenvalue weighted by atomic mass is 9.41. The Balaban J connectivity index is 0.00000106. The third-order valence-electron chi connectivity index (χ3n) is 3.65. The molecule has 3 nitrogen and oxygen atoms in total. The van der Waals surface area contributed by atoms with Gasteiger partial charge < -0.3 is 9.14 Å². The molecule has 0 amide bonds. The fourth-order valence-corrected chi connectivity index (χ4v) is 2.33. The number of ether oxygens (including phenoxy) is 1. The van der Waals surface area contributed by atoms with E-state index in [1.165, 1.54) is 11.1 Å². The molecular formula is C17H25BN2O. The molecule has 0 unspecified atom stereocenters. The van der Waals surface area contributed by atoms with Gasteiger partial charge in [0.1, 0.15) is 5.75 Å². The zero-order chi connectivity index (χ0) is 15.8. The van der Waals surface area contributed by atoms with E-state index in [2.05, 4.69) is 36.5 Å². The smallest absolute Gasteiger partial charge is 0.270 e. The first-order chi connectivity index (χ1) is 10.2. The minimum atomic E-state index is 0.126. The van der Waals surface area contributed by atoms with Crippen LogP contribution < -0.4 is 4.74 Å². The SMILES string of the molecule is CC.COc1ccn2ccc(CCB(C#N)C(C)C)c2c1. The van der Waals surface area contributed by atoms with Crippen LogP contribution in [0.4, 0.5) is 0 Å². The number of aromatic nitrogens is 1. The van der Waals surface area contributed by atoms with Crippen molar-refractivity contribution in [2.45, 2.75) is 46.3 Å². The average molecular weight is 284 g/mol. The number of hydrogen-bond acceptors (Lipinski definition) is 2. The fraction of sp³-hybridized carbons (Fsp3) is 0.471. The van der Waals surface area contributed by atoms with Gasteiger partial charge in [-0.3, -0.25) is 0 Å². The molecule has 0 saturated carbocycles. The van der Waals surface area contributed by atoms with E-state index in [0.717, 1.165) is 18.5 Å². The summed E-state index contributed by atoms with van der Waals surface area (Å²) in [6, 6.07) is 6.12. The highest BCUT2D eigenvalue weighted by Gasteiger charge is 2.18. The molecule has 0 N–H and O–H groups in total. The van der Waals surface area contributed by atoms with E-state index < -0.39 is 0 Å². The number of pyridine rings is 1. The molecule has 2 rings (SSSR count). The van der Waals surface area contributed by atoms with Crippen molar-refractivity contribution >= 4 is 12.2 Å². The number of hydrogen-bond donors (Lipinski definition) is 0. The van der Waals surface area contributed by atoms with Crippen LogP contribution in [0.5, 0.6) is 5.75 Å². The Kier molecular flexibility index (Phi) is 6.88. The molecule has 0 aliphatic rings. The number of fused-ring (bicyclic) bond motifs is 1. The van der Waals surface area contributed by atoms with Crippen molar-refractivity contribution in [3.63, 3.8) is 0 Å². The van der Waals surface area contributed by atoms with Crippen LogP contribution >= 0.6 is 0 Å². The molecule has 0 aliphatic heterocycles. The lowest BCUT2D eigenvalue weighted by Crippen LogP contribution is -2.15. The molecule has 112 valence electrons. The maximum Gasteiger partial charge on any atom is 0.270 e. The zero-order valence-electron chi connectivity index (χ0n) is 13.8. The van der Waals surface area contributed by atoms with Crippen LogP contribution in [0.2, 0.25) is 12.1 Å². The summed E-state index contributed by atoms with van der Waals surface area (Å²) in [5.41, 5.74) is 2.44. The molecule has 2 aromatic rings. The van der Waals surface area contributed by atoms with Crippen molar-refractivity contribution in [3.05, 3.63) is 36.2 Å². The van der Waals surface area contributed by atoms with E-state index in [9.17, 15) is 0 Å². The van der Waals surface area contributed by atoms with Gasteiger partial charge in [0.25, 0.3) is 6.71 Å². The first kappa shape index (κ1) is 17.2. The van der Waals surface area contributed by atoms with E-state index in [1.54, 1.807) is 7.11 Å². The maximum atomic E-state index is 9.15. The molecule has 0 fully saturated rings. The van der Waals surface area contributed by atoms with Crippen molar-refractivity contribution in [2.24, 2.45) is 0 Å². The summed E-state index contributed by atoms with van der Waals surface area (Å²) in [7, 11) is 1.68. The first-order valence-corrected chi connectivity index (χ1v) is 7.69. The van der Waals surface area contributed by atoms with Crippen molar-refractivity contribution < 1.29 is 4.74 Å². The molecule has 4 heteroatoms. The van der Waals surface area contributed by atoms with Gasteiger partial charge in [0.15, 0.2) is 0 Å². The minimum Gasteiger partial charge on any atom is -0.497 e. The van der Waals surface area contributed by atoms with E-state index in [-0.39, 0.29) is 6.71 Å². The van der Waals surface area contributed by atoms with Gasteiger partial charge in [0.2, 0.25) is 0 Å². The average Bonchev–Trinajstić information content (AvgIpc) is 2.92. The van der Waals surface area contributed by atoms with Crippen molar-refractivity contribution in [3.8, 4) is 11.7 Å². The molecule has 0 atom stereocenters. The monoisotopic (exact) mass is 284 g/mol. The standard InChI is InChI=1S/C15H19BN2O.C2H6/c1-12(2)16(11-17)7-4-13-5-8-18-9-6-14(19-3)10-15(13)18;1-2/h5-6,8-10,12H,4,7H2,1-3H3;1-2H3. The number of nitrogens with zero attached hydrogens (tertiary/aromatic N) is 2. The lowest BCUT2D eigenvalue weighted by molar-refractivity contribution is 0.414. The van der Waals surface area contributed by atoms with Crippen LogP contribution in [0, 0.1) is 11.2 Å². The largest absolute Gasteiger partial charge is 0.497 e. The number of aryl methyl sites for hydroxylation is 1. The number of rotatable bonds is 5. The molecule has 21 heavy (non-hydrogen) atoms. The Morgan fingerprint density at radius 1 is 1.29 bits per heavy atom. The van der Waals surface area contributed by atoms with Crippen LogP contribution in [0.15, 0.2) is 30.6 Å². The molecule has 0 aromatic carbocycles. The Labute approximate surface area is 128 Å². The van der Waals surface area contributed by atoms with Crippen LogP contribution in [0.3, 0.4) is 0 Å². The summed E-state index contributed by atoms with van der Waals surface area (Å²) < 4.78 is 7.36. The van der Waals surface area contributed by atoms with Gasteiger partial charge in [0.05, 0.1) is 12.6 Å². The summed E-state index contributed by atoms with van der Waals surface area (Å²) in [6.45, 7) is 8.34. The van der Waals surface area contributed by atoms with E-state index in [0.29, 0.717) is 5.82 Å². The molecule has 0 aliphatic carbocycles. The van der Waals surface area contributed by atoms with Crippen LogP contribution in [0.1, 0.15) is 33.3 Å². The van der Waals surface area contributed by atoms with Gasteiger partial charge >= 0.3 is 0 Å². The van der Waals surface area contributed by atoms with Gasteiger partial charge in [-0.1, -0.05) is 39.8 Å². The topological polar surface area (TPSA) is 37.4 Å². The van der Waals surface area contributed by atoms with Gasteiger partial charge in [-0.25, -0.2) is 5.26 Å². The van der Waals surface area contributed by atoms with Crippen LogP contribution in [0.25, 0.3) is 5.52 Å². The van der Waals surface area contributed by atoms with Crippen LogP contribution in [-0.4, -0.2) is 18.2 Å². The second kappa shape index (κ2) is 8.41. The van der Waals surface area contributed by atoms with Gasteiger partial charge in [-0.15, -0.1) is 0 Å². The fourth-order valence-electron chi connectivity index (χ4n) is 2.33. The second-order valence-electron chi connectivity index (χ2n) is 5.22. The van der Waals surface area contributed by atoms with Gasteiger partial charge in [-0.2, -0.15) is 0 Å². The molecule has 0 bridgehead atoms. The minimum absolute atomic E-state index is 0.126. The number of methoxy groups -OCH3 is 1. The van der Waals surface area contributed by atoms with E-state index >= 15 is 0 Å². The highest BCUT2D eigenvalue weighted by Crippen LogP contribution is 2.22. The summed E-state index contributed by atoms with van der Waals surface area (Å²) in [5, 5.41) is 9.15. The molecule has 0 saturated heterocycles. The third-order valence-corrected chi connectivity index (χ3v) is 3.65. The zero-order valence-corrected chi connectivity index (χ0v) is 13.8. The van der Waals surface area contributed by atoms with E-state index in [1.807, 2.05) is 32.2 Å². The Hall–Kier alpha value is -1.89. The number of nitriles is 1. The third kappa shape index (κ3) is 4.29. The second-order valence-corrected chi connectivity index (χ2v) is 5.22. The summed E-state index contributed by atoms with van der Waals surface area (Å²) in [5.74, 6) is 3.68. The Morgan fingerprint density at radius 3 is 2.52 bits per heavy atom.